The number of nitrogens with zero attached hydrogens (tertiary/aromatic N) is 1. The second kappa shape index (κ2) is 7.81. The van der Waals surface area contributed by atoms with Crippen LogP contribution in [0.15, 0.2) is 30.3 Å². The Balaban J connectivity index is 2.11. The number of amides is 2. The van der Waals surface area contributed by atoms with Crippen LogP contribution in [0, 0.1) is 0 Å². The average molecular weight is 316 g/mol. The lowest BCUT2D eigenvalue weighted by Crippen LogP contribution is -2.44. The molecule has 0 bridgehead atoms. The van der Waals surface area contributed by atoms with E-state index in [1.807, 2.05) is 31.2 Å². The highest BCUT2D eigenvalue weighted by atomic mass is 16.5. The van der Waals surface area contributed by atoms with Crippen molar-refractivity contribution in [1.29, 1.82) is 0 Å². The number of benzene rings is 1. The van der Waals surface area contributed by atoms with E-state index in [9.17, 15) is 9.59 Å². The van der Waals surface area contributed by atoms with Gasteiger partial charge in [-0.2, -0.15) is 0 Å². The second-order valence-electron chi connectivity index (χ2n) is 5.91. The standard InChI is InChI=1S/C18H24N2O3/c1-13(14-6-8-16(23-2)9-7-14)11-18(22)20-10-4-3-5-15(20)12-17(19)21/h6-9,11,15H,3-5,10,12H2,1-2H3,(H2,19,21)/b13-11+. The van der Waals surface area contributed by atoms with Crippen LogP contribution in [-0.4, -0.2) is 36.4 Å². The minimum Gasteiger partial charge on any atom is -0.497 e. The molecule has 1 aromatic carbocycles. The third-order valence-corrected chi connectivity index (χ3v) is 4.23. The maximum atomic E-state index is 12.6. The predicted molar refractivity (Wildman–Crippen MR) is 89.8 cm³/mol. The summed E-state index contributed by atoms with van der Waals surface area (Å²) < 4.78 is 5.14. The average Bonchev–Trinajstić information content (AvgIpc) is 2.54. The lowest BCUT2D eigenvalue weighted by atomic mass is 9.98. The van der Waals surface area contributed by atoms with E-state index in [2.05, 4.69) is 0 Å². The van der Waals surface area contributed by atoms with Gasteiger partial charge in [0.2, 0.25) is 11.8 Å². The van der Waals surface area contributed by atoms with Crippen LogP contribution in [0.4, 0.5) is 0 Å². The molecule has 1 saturated heterocycles. The summed E-state index contributed by atoms with van der Waals surface area (Å²) in [5.74, 6) is 0.375. The smallest absolute Gasteiger partial charge is 0.247 e. The van der Waals surface area contributed by atoms with Gasteiger partial charge in [0.25, 0.3) is 0 Å². The van der Waals surface area contributed by atoms with E-state index in [4.69, 9.17) is 10.5 Å². The number of primary amides is 1. The first-order chi connectivity index (χ1) is 11.0. The number of rotatable bonds is 5. The quantitative estimate of drug-likeness (QED) is 0.848. The molecule has 1 unspecified atom stereocenters. The van der Waals surface area contributed by atoms with Crippen molar-refractivity contribution in [1.82, 2.24) is 4.90 Å². The first-order valence-corrected chi connectivity index (χ1v) is 7.93. The fraction of sp³-hybridized carbons (Fsp3) is 0.444. The summed E-state index contributed by atoms with van der Waals surface area (Å²) in [7, 11) is 1.62. The van der Waals surface area contributed by atoms with Crippen molar-refractivity contribution in [2.75, 3.05) is 13.7 Å². The first kappa shape index (κ1) is 17.1. The number of ether oxygens (including phenoxy) is 1. The normalized spacial score (nSPS) is 18.6. The summed E-state index contributed by atoms with van der Waals surface area (Å²) in [6.45, 7) is 2.59. The lowest BCUT2D eigenvalue weighted by Gasteiger charge is -2.34. The van der Waals surface area contributed by atoms with Crippen LogP contribution in [0.25, 0.3) is 5.57 Å². The second-order valence-corrected chi connectivity index (χ2v) is 5.91. The van der Waals surface area contributed by atoms with E-state index in [1.165, 1.54) is 0 Å². The molecule has 1 fully saturated rings. The van der Waals surface area contributed by atoms with Crippen LogP contribution >= 0.6 is 0 Å². The molecule has 1 heterocycles. The van der Waals surface area contributed by atoms with Gasteiger partial charge in [-0.1, -0.05) is 12.1 Å². The van der Waals surface area contributed by atoms with Gasteiger partial charge in [-0.05, 0) is 49.5 Å². The summed E-state index contributed by atoms with van der Waals surface area (Å²) >= 11 is 0. The minimum atomic E-state index is -0.356. The predicted octanol–water partition coefficient (Wildman–Crippen LogP) is 2.36. The third-order valence-electron chi connectivity index (χ3n) is 4.23. The number of methoxy groups -OCH3 is 1. The Hall–Kier alpha value is -2.30. The topological polar surface area (TPSA) is 72.6 Å². The van der Waals surface area contributed by atoms with E-state index in [1.54, 1.807) is 18.1 Å². The Kier molecular flexibility index (Phi) is 5.79. The van der Waals surface area contributed by atoms with Gasteiger partial charge >= 0.3 is 0 Å². The van der Waals surface area contributed by atoms with Crippen molar-refractivity contribution < 1.29 is 14.3 Å². The van der Waals surface area contributed by atoms with Crippen LogP contribution in [0.3, 0.4) is 0 Å². The summed E-state index contributed by atoms with van der Waals surface area (Å²) in [5.41, 5.74) is 7.17. The molecule has 0 aromatic heterocycles. The molecular weight excluding hydrogens is 292 g/mol. The maximum Gasteiger partial charge on any atom is 0.247 e. The number of hydrogen-bond donors (Lipinski definition) is 1. The van der Waals surface area contributed by atoms with Gasteiger partial charge in [0.1, 0.15) is 5.75 Å². The molecule has 23 heavy (non-hydrogen) atoms. The van der Waals surface area contributed by atoms with Gasteiger partial charge in [0.05, 0.1) is 7.11 Å². The molecule has 5 nitrogen and oxygen atoms in total. The molecule has 0 radical (unpaired) electrons. The van der Waals surface area contributed by atoms with Crippen molar-refractivity contribution in [3.05, 3.63) is 35.9 Å². The summed E-state index contributed by atoms with van der Waals surface area (Å²) in [5, 5.41) is 0. The van der Waals surface area contributed by atoms with E-state index >= 15 is 0 Å². The van der Waals surface area contributed by atoms with Crippen molar-refractivity contribution in [3.8, 4) is 5.75 Å². The Morgan fingerprint density at radius 3 is 2.61 bits per heavy atom. The van der Waals surface area contributed by atoms with Crippen LogP contribution in [0.5, 0.6) is 5.75 Å². The van der Waals surface area contributed by atoms with Crippen molar-refractivity contribution in [2.45, 2.75) is 38.6 Å². The molecule has 1 atom stereocenters. The molecule has 1 aromatic rings. The molecule has 5 heteroatoms. The van der Waals surface area contributed by atoms with Crippen LogP contribution in [-0.2, 0) is 9.59 Å². The van der Waals surface area contributed by atoms with Crippen molar-refractivity contribution in [3.63, 3.8) is 0 Å². The van der Waals surface area contributed by atoms with E-state index < -0.39 is 0 Å². The number of allylic oxidation sites excluding steroid dienone is 1. The molecule has 0 spiro atoms. The summed E-state index contributed by atoms with van der Waals surface area (Å²) in [4.78, 5) is 25.5. The minimum absolute atomic E-state index is 0.0516. The highest BCUT2D eigenvalue weighted by Gasteiger charge is 2.26. The first-order valence-electron chi connectivity index (χ1n) is 7.93. The van der Waals surface area contributed by atoms with Gasteiger partial charge in [0.15, 0.2) is 0 Å². The Bertz CT molecular complexity index is 593. The maximum absolute atomic E-state index is 12.6. The van der Waals surface area contributed by atoms with Gasteiger partial charge in [-0.25, -0.2) is 0 Å². The molecule has 2 amide bonds. The van der Waals surface area contributed by atoms with Crippen LogP contribution in [0.1, 0.15) is 38.2 Å². The molecule has 0 saturated carbocycles. The molecule has 124 valence electrons. The number of carbonyl (C=O) groups is 2. The molecule has 0 aliphatic carbocycles. The van der Waals surface area contributed by atoms with Gasteiger partial charge < -0.3 is 15.4 Å². The fourth-order valence-corrected chi connectivity index (χ4v) is 2.94. The van der Waals surface area contributed by atoms with Crippen LogP contribution < -0.4 is 10.5 Å². The molecule has 2 rings (SSSR count). The fourth-order valence-electron chi connectivity index (χ4n) is 2.94. The molecule has 1 aliphatic rings. The number of piperidine rings is 1. The van der Waals surface area contributed by atoms with E-state index in [0.717, 1.165) is 36.1 Å². The largest absolute Gasteiger partial charge is 0.497 e. The zero-order valence-electron chi connectivity index (χ0n) is 13.7. The van der Waals surface area contributed by atoms with Gasteiger partial charge in [-0.15, -0.1) is 0 Å². The Morgan fingerprint density at radius 2 is 2.00 bits per heavy atom. The Labute approximate surface area is 137 Å². The number of carbonyl (C=O) groups excluding carboxylic acids is 2. The SMILES string of the molecule is COc1ccc(/C(C)=C/C(=O)N2CCCCC2CC(N)=O)cc1. The summed E-state index contributed by atoms with van der Waals surface area (Å²) in [6.07, 6.45) is 4.71. The van der Waals surface area contributed by atoms with Gasteiger partial charge in [-0.3, -0.25) is 9.59 Å². The van der Waals surface area contributed by atoms with Crippen LogP contribution in [0.2, 0.25) is 0 Å². The zero-order valence-corrected chi connectivity index (χ0v) is 13.7. The monoisotopic (exact) mass is 316 g/mol. The third kappa shape index (κ3) is 4.58. The van der Waals surface area contributed by atoms with E-state index in [0.29, 0.717) is 6.54 Å². The number of hydrogen-bond acceptors (Lipinski definition) is 3. The highest BCUT2D eigenvalue weighted by Crippen LogP contribution is 2.22. The lowest BCUT2D eigenvalue weighted by molar-refractivity contribution is -0.130. The summed E-state index contributed by atoms with van der Waals surface area (Å²) in [6, 6.07) is 7.51. The molecule has 1 aliphatic heterocycles. The number of nitrogens with two attached hydrogens (primary N) is 1. The van der Waals surface area contributed by atoms with Gasteiger partial charge in [0, 0.05) is 25.1 Å². The van der Waals surface area contributed by atoms with E-state index in [-0.39, 0.29) is 24.3 Å². The Morgan fingerprint density at radius 1 is 1.30 bits per heavy atom. The van der Waals surface area contributed by atoms with Crippen molar-refractivity contribution in [2.24, 2.45) is 5.73 Å². The zero-order chi connectivity index (χ0) is 16.8. The highest BCUT2D eigenvalue weighted by molar-refractivity contribution is 5.95. The number of likely N-dealkylation sites (tertiary alicyclic amines) is 1. The molecular formula is C18H24N2O3. The van der Waals surface area contributed by atoms with Crippen molar-refractivity contribution >= 4 is 17.4 Å². The molecule has 2 N–H and O–H groups in total.